The van der Waals surface area contributed by atoms with Crippen LogP contribution in [0.2, 0.25) is 0 Å². The summed E-state index contributed by atoms with van der Waals surface area (Å²) in [5.74, 6) is -0.417. The monoisotopic (exact) mass is 388 g/mol. The van der Waals surface area contributed by atoms with Crippen molar-refractivity contribution in [2.24, 2.45) is 0 Å². The minimum Gasteiger partial charge on any atom is -0.347 e. The number of hydrogen-bond donors (Lipinski definition) is 2. The van der Waals surface area contributed by atoms with Crippen molar-refractivity contribution in [3.05, 3.63) is 94.6 Å². The molecule has 3 rings (SSSR count). The summed E-state index contributed by atoms with van der Waals surface area (Å²) in [5.41, 5.74) is 4.75. The summed E-state index contributed by atoms with van der Waals surface area (Å²) in [6.45, 7) is 6.18. The van der Waals surface area contributed by atoms with Gasteiger partial charge in [0.1, 0.15) is 11.4 Å². The molecule has 0 saturated carbocycles. The molecule has 0 radical (unpaired) electrons. The van der Waals surface area contributed by atoms with Gasteiger partial charge in [-0.25, -0.2) is 0 Å². The highest BCUT2D eigenvalue weighted by Gasteiger charge is 2.13. The molecule has 0 aliphatic rings. The highest BCUT2D eigenvalue weighted by Crippen LogP contribution is 2.14. The molecule has 2 amide bonds. The molecular weight excluding hydrogens is 364 g/mol. The molecule has 0 spiro atoms. The highest BCUT2D eigenvalue weighted by atomic mass is 16.2. The molecule has 1 unspecified atom stereocenters. The number of hydrogen-bond acceptors (Lipinski definition) is 4. The fourth-order valence-electron chi connectivity index (χ4n) is 2.76. The number of benzene rings is 1. The average Bonchev–Trinajstić information content (AvgIpc) is 2.73. The van der Waals surface area contributed by atoms with Crippen LogP contribution in [0.15, 0.2) is 60.9 Å². The molecule has 0 saturated heterocycles. The molecule has 0 fully saturated rings. The lowest BCUT2D eigenvalue weighted by Crippen LogP contribution is -2.27. The average molecular weight is 388 g/mol. The van der Waals surface area contributed by atoms with Crippen LogP contribution < -0.4 is 10.6 Å². The van der Waals surface area contributed by atoms with Crippen LogP contribution in [0.4, 0.5) is 0 Å². The topological polar surface area (TPSA) is 84.0 Å². The van der Waals surface area contributed by atoms with Crippen molar-refractivity contribution < 1.29 is 9.59 Å². The van der Waals surface area contributed by atoms with Crippen molar-refractivity contribution in [1.82, 2.24) is 20.6 Å². The zero-order valence-electron chi connectivity index (χ0n) is 16.8. The van der Waals surface area contributed by atoms with Gasteiger partial charge in [0.15, 0.2) is 0 Å². The maximum Gasteiger partial charge on any atom is 0.270 e. The largest absolute Gasteiger partial charge is 0.347 e. The Morgan fingerprint density at radius 3 is 1.90 bits per heavy atom. The van der Waals surface area contributed by atoms with E-state index in [0.717, 1.165) is 22.3 Å². The maximum atomic E-state index is 12.3. The molecular formula is C23H24N4O2. The fraction of sp³-hybridized carbons (Fsp3) is 0.217. The number of rotatable bonds is 6. The third kappa shape index (κ3) is 5.48. The van der Waals surface area contributed by atoms with Crippen molar-refractivity contribution >= 4 is 11.8 Å². The fourth-order valence-corrected chi connectivity index (χ4v) is 2.76. The van der Waals surface area contributed by atoms with Crippen molar-refractivity contribution in [3.8, 4) is 0 Å². The summed E-state index contributed by atoms with van der Waals surface area (Å²) in [5, 5.41) is 5.81. The number of nitrogens with one attached hydrogen (secondary N) is 2. The standard InChI is InChI=1S/C23H24N4O2/c1-15-4-10-20(24-12-15)22(28)26-14-18-6-8-19(9-7-18)17(3)27-23(29)21-11-5-16(2)13-25-21/h4-13,17H,14H2,1-3H3,(H,26,28)(H,27,29). The van der Waals surface area contributed by atoms with Gasteiger partial charge in [-0.1, -0.05) is 36.4 Å². The number of pyridine rings is 2. The Morgan fingerprint density at radius 1 is 0.828 bits per heavy atom. The zero-order valence-corrected chi connectivity index (χ0v) is 16.8. The summed E-state index contributed by atoms with van der Waals surface area (Å²) in [4.78, 5) is 32.7. The predicted octanol–water partition coefficient (Wildman–Crippen LogP) is 3.51. The summed E-state index contributed by atoms with van der Waals surface area (Å²) in [6.07, 6.45) is 3.35. The van der Waals surface area contributed by atoms with E-state index in [1.807, 2.05) is 57.2 Å². The molecule has 3 aromatic rings. The maximum absolute atomic E-state index is 12.3. The summed E-state index contributed by atoms with van der Waals surface area (Å²) in [7, 11) is 0. The first-order valence-electron chi connectivity index (χ1n) is 9.45. The number of carbonyl (C=O) groups is 2. The summed E-state index contributed by atoms with van der Waals surface area (Å²) in [6, 6.07) is 14.7. The van der Waals surface area contributed by atoms with Crippen LogP contribution in [-0.4, -0.2) is 21.8 Å². The van der Waals surface area contributed by atoms with E-state index in [1.165, 1.54) is 0 Å². The minimum absolute atomic E-state index is 0.161. The van der Waals surface area contributed by atoms with Gasteiger partial charge in [0.2, 0.25) is 0 Å². The van der Waals surface area contributed by atoms with Crippen molar-refractivity contribution in [1.29, 1.82) is 0 Å². The first-order valence-corrected chi connectivity index (χ1v) is 9.45. The van der Waals surface area contributed by atoms with E-state index in [2.05, 4.69) is 20.6 Å². The molecule has 1 atom stereocenters. The lowest BCUT2D eigenvalue weighted by atomic mass is 10.1. The molecule has 0 aliphatic heterocycles. The molecule has 0 bridgehead atoms. The van der Waals surface area contributed by atoms with Crippen LogP contribution in [0.25, 0.3) is 0 Å². The third-order valence-corrected chi connectivity index (χ3v) is 4.57. The second-order valence-corrected chi connectivity index (χ2v) is 7.06. The van der Waals surface area contributed by atoms with Crippen LogP contribution in [0.3, 0.4) is 0 Å². The Balaban J connectivity index is 1.55. The van der Waals surface area contributed by atoms with Gasteiger partial charge in [-0.15, -0.1) is 0 Å². The molecule has 148 valence electrons. The SMILES string of the molecule is Cc1ccc(C(=O)NCc2ccc(C(C)NC(=O)c3ccc(C)cn3)cc2)nc1. The van der Waals surface area contributed by atoms with Gasteiger partial charge in [0.05, 0.1) is 6.04 Å². The van der Waals surface area contributed by atoms with Crippen LogP contribution >= 0.6 is 0 Å². The van der Waals surface area contributed by atoms with Gasteiger partial charge in [-0.3, -0.25) is 19.6 Å². The van der Waals surface area contributed by atoms with Crippen LogP contribution in [-0.2, 0) is 6.54 Å². The van der Waals surface area contributed by atoms with E-state index in [-0.39, 0.29) is 17.9 Å². The Labute approximate surface area is 170 Å². The van der Waals surface area contributed by atoms with Gasteiger partial charge in [0, 0.05) is 18.9 Å². The van der Waals surface area contributed by atoms with E-state index in [0.29, 0.717) is 17.9 Å². The number of nitrogens with zero attached hydrogens (tertiary/aromatic N) is 2. The molecule has 2 aromatic heterocycles. The van der Waals surface area contributed by atoms with Gasteiger partial charge >= 0.3 is 0 Å². The summed E-state index contributed by atoms with van der Waals surface area (Å²) >= 11 is 0. The molecule has 2 N–H and O–H groups in total. The number of amides is 2. The Bertz CT molecular complexity index is 981. The molecule has 0 aliphatic carbocycles. The third-order valence-electron chi connectivity index (χ3n) is 4.57. The van der Waals surface area contributed by atoms with Gasteiger partial charge in [-0.2, -0.15) is 0 Å². The second kappa shape index (κ2) is 9.10. The van der Waals surface area contributed by atoms with E-state index in [1.54, 1.807) is 24.5 Å². The quantitative estimate of drug-likeness (QED) is 0.677. The molecule has 1 aromatic carbocycles. The van der Waals surface area contributed by atoms with Gasteiger partial charge in [-0.05, 0) is 55.2 Å². The van der Waals surface area contributed by atoms with Crippen molar-refractivity contribution in [2.75, 3.05) is 0 Å². The number of aryl methyl sites for hydroxylation is 2. The minimum atomic E-state index is -0.209. The molecule has 2 heterocycles. The summed E-state index contributed by atoms with van der Waals surface area (Å²) < 4.78 is 0. The molecule has 29 heavy (non-hydrogen) atoms. The smallest absolute Gasteiger partial charge is 0.270 e. The van der Waals surface area contributed by atoms with E-state index >= 15 is 0 Å². The van der Waals surface area contributed by atoms with Gasteiger partial charge in [0.25, 0.3) is 11.8 Å². The first-order chi connectivity index (χ1) is 13.9. The Morgan fingerprint density at radius 2 is 1.38 bits per heavy atom. The lowest BCUT2D eigenvalue weighted by molar-refractivity contribution is 0.0930. The predicted molar refractivity (Wildman–Crippen MR) is 111 cm³/mol. The molecule has 6 heteroatoms. The van der Waals surface area contributed by atoms with Crippen molar-refractivity contribution in [2.45, 2.75) is 33.4 Å². The van der Waals surface area contributed by atoms with Crippen molar-refractivity contribution in [3.63, 3.8) is 0 Å². The lowest BCUT2D eigenvalue weighted by Gasteiger charge is -2.15. The number of aromatic nitrogens is 2. The highest BCUT2D eigenvalue weighted by molar-refractivity contribution is 5.92. The Hall–Kier alpha value is -3.54. The molecule has 6 nitrogen and oxygen atoms in total. The van der Waals surface area contributed by atoms with E-state index in [4.69, 9.17) is 0 Å². The number of carbonyl (C=O) groups excluding carboxylic acids is 2. The normalized spacial score (nSPS) is 11.6. The van der Waals surface area contributed by atoms with E-state index in [9.17, 15) is 9.59 Å². The van der Waals surface area contributed by atoms with Crippen LogP contribution in [0, 0.1) is 13.8 Å². The Kier molecular flexibility index (Phi) is 6.34. The first kappa shape index (κ1) is 20.2. The van der Waals surface area contributed by atoms with Crippen LogP contribution in [0.5, 0.6) is 0 Å². The second-order valence-electron chi connectivity index (χ2n) is 7.06. The van der Waals surface area contributed by atoms with Gasteiger partial charge < -0.3 is 10.6 Å². The van der Waals surface area contributed by atoms with Crippen LogP contribution in [0.1, 0.15) is 56.2 Å². The zero-order chi connectivity index (χ0) is 20.8. The van der Waals surface area contributed by atoms with E-state index < -0.39 is 0 Å².